The molecule has 0 N–H and O–H groups in total. The highest BCUT2D eigenvalue weighted by atomic mass is 16.5. The molecule has 0 saturated heterocycles. The number of benzene rings is 2. The van der Waals surface area contributed by atoms with Gasteiger partial charge in [0.15, 0.2) is 0 Å². The van der Waals surface area contributed by atoms with Crippen LogP contribution in [0.25, 0.3) is 10.8 Å². The summed E-state index contributed by atoms with van der Waals surface area (Å²) in [6, 6.07) is 13.0. The summed E-state index contributed by atoms with van der Waals surface area (Å²) >= 11 is 0. The van der Waals surface area contributed by atoms with Crippen LogP contribution in [0, 0.1) is 0 Å². The van der Waals surface area contributed by atoms with Gasteiger partial charge >= 0.3 is 0 Å². The summed E-state index contributed by atoms with van der Waals surface area (Å²) in [4.78, 5) is 0. The maximum Gasteiger partial charge on any atom is 0.119 e. The van der Waals surface area contributed by atoms with Crippen LogP contribution in [0.15, 0.2) is 36.4 Å². The van der Waals surface area contributed by atoms with E-state index in [1.807, 2.05) is 0 Å². The minimum absolute atomic E-state index is 0.829. The van der Waals surface area contributed by atoms with Gasteiger partial charge in [0.05, 0.1) is 6.61 Å². The Balaban J connectivity index is 2.15. The standard InChI is InChI=1S/C18H24O/c1-3-5-6-13-19-17-12-11-16-10-7-9-15(8-4-2)18(16)14-17/h7,9-12,14H,3-6,8,13H2,1-2H3. The van der Waals surface area contributed by atoms with Crippen LogP contribution in [-0.4, -0.2) is 6.61 Å². The van der Waals surface area contributed by atoms with Gasteiger partial charge in [-0.05, 0) is 41.3 Å². The molecule has 0 aliphatic carbocycles. The minimum Gasteiger partial charge on any atom is -0.494 e. The van der Waals surface area contributed by atoms with Gasteiger partial charge in [0.1, 0.15) is 5.75 Å². The van der Waals surface area contributed by atoms with Crippen LogP contribution >= 0.6 is 0 Å². The molecule has 0 aromatic heterocycles. The highest BCUT2D eigenvalue weighted by Crippen LogP contribution is 2.25. The molecule has 0 bridgehead atoms. The fraction of sp³-hybridized carbons (Fsp3) is 0.444. The molecule has 19 heavy (non-hydrogen) atoms. The molecule has 0 saturated carbocycles. The van der Waals surface area contributed by atoms with Gasteiger partial charge in [-0.15, -0.1) is 0 Å². The number of unbranched alkanes of at least 4 members (excludes halogenated alkanes) is 2. The van der Waals surface area contributed by atoms with Crippen LogP contribution < -0.4 is 4.74 Å². The predicted molar refractivity (Wildman–Crippen MR) is 83.0 cm³/mol. The van der Waals surface area contributed by atoms with Crippen LogP contribution in [0.4, 0.5) is 0 Å². The Bertz CT molecular complexity index is 516. The van der Waals surface area contributed by atoms with Gasteiger partial charge in [0.25, 0.3) is 0 Å². The van der Waals surface area contributed by atoms with Gasteiger partial charge in [0.2, 0.25) is 0 Å². The molecule has 0 aliphatic heterocycles. The molecule has 0 spiro atoms. The minimum atomic E-state index is 0.829. The molecule has 102 valence electrons. The molecule has 0 fully saturated rings. The van der Waals surface area contributed by atoms with Crippen molar-refractivity contribution in [3.05, 3.63) is 42.0 Å². The van der Waals surface area contributed by atoms with Crippen molar-refractivity contribution in [2.45, 2.75) is 46.0 Å². The van der Waals surface area contributed by atoms with E-state index in [1.54, 1.807) is 0 Å². The third kappa shape index (κ3) is 3.73. The largest absolute Gasteiger partial charge is 0.494 e. The average Bonchev–Trinajstić information content (AvgIpc) is 2.44. The summed E-state index contributed by atoms with van der Waals surface area (Å²) in [7, 11) is 0. The second-order valence-corrected chi connectivity index (χ2v) is 5.11. The number of aryl methyl sites for hydroxylation is 1. The van der Waals surface area contributed by atoms with E-state index in [0.29, 0.717) is 0 Å². The highest BCUT2D eigenvalue weighted by Gasteiger charge is 2.02. The Morgan fingerprint density at radius 1 is 0.947 bits per heavy atom. The quantitative estimate of drug-likeness (QED) is 0.606. The fourth-order valence-electron chi connectivity index (χ4n) is 2.44. The van der Waals surface area contributed by atoms with E-state index in [0.717, 1.165) is 25.2 Å². The van der Waals surface area contributed by atoms with E-state index >= 15 is 0 Å². The van der Waals surface area contributed by atoms with Crippen LogP contribution in [0.2, 0.25) is 0 Å². The van der Waals surface area contributed by atoms with Crippen LogP contribution in [0.3, 0.4) is 0 Å². The maximum atomic E-state index is 5.85. The van der Waals surface area contributed by atoms with Crippen molar-refractivity contribution in [3.8, 4) is 5.75 Å². The number of fused-ring (bicyclic) bond motifs is 1. The molecule has 0 aliphatic rings. The summed E-state index contributed by atoms with van der Waals surface area (Å²) in [5.74, 6) is 1.01. The average molecular weight is 256 g/mol. The monoisotopic (exact) mass is 256 g/mol. The molecule has 0 radical (unpaired) electrons. The Labute approximate surface area is 116 Å². The molecular formula is C18H24O. The zero-order chi connectivity index (χ0) is 13.5. The lowest BCUT2D eigenvalue weighted by Gasteiger charge is -2.09. The van der Waals surface area contributed by atoms with E-state index in [1.165, 1.54) is 35.6 Å². The lowest BCUT2D eigenvalue weighted by molar-refractivity contribution is 0.306. The molecule has 1 nitrogen and oxygen atoms in total. The Morgan fingerprint density at radius 2 is 1.84 bits per heavy atom. The summed E-state index contributed by atoms with van der Waals surface area (Å²) in [6.45, 7) is 5.27. The molecule has 0 heterocycles. The first-order chi connectivity index (χ1) is 9.35. The summed E-state index contributed by atoms with van der Waals surface area (Å²) in [5, 5.41) is 2.66. The predicted octanol–water partition coefficient (Wildman–Crippen LogP) is 5.36. The van der Waals surface area contributed by atoms with Crippen molar-refractivity contribution in [2.75, 3.05) is 6.61 Å². The zero-order valence-electron chi connectivity index (χ0n) is 12.1. The summed E-state index contributed by atoms with van der Waals surface area (Å²) in [6.07, 6.45) is 5.94. The first-order valence-corrected chi connectivity index (χ1v) is 7.49. The molecule has 0 atom stereocenters. The Morgan fingerprint density at radius 3 is 2.63 bits per heavy atom. The molecule has 0 amide bonds. The first kappa shape index (κ1) is 13.9. The lowest BCUT2D eigenvalue weighted by Crippen LogP contribution is -1.97. The van der Waals surface area contributed by atoms with Crippen LogP contribution in [0.5, 0.6) is 5.75 Å². The summed E-state index contributed by atoms with van der Waals surface area (Å²) in [5.41, 5.74) is 1.43. The van der Waals surface area contributed by atoms with Gasteiger partial charge in [0, 0.05) is 0 Å². The van der Waals surface area contributed by atoms with Crippen molar-refractivity contribution in [3.63, 3.8) is 0 Å². The van der Waals surface area contributed by atoms with Gasteiger partial charge < -0.3 is 4.74 Å². The van der Waals surface area contributed by atoms with E-state index in [9.17, 15) is 0 Å². The van der Waals surface area contributed by atoms with Crippen molar-refractivity contribution in [1.82, 2.24) is 0 Å². The topological polar surface area (TPSA) is 9.23 Å². The zero-order valence-corrected chi connectivity index (χ0v) is 12.1. The van der Waals surface area contributed by atoms with Gasteiger partial charge in [-0.25, -0.2) is 0 Å². The second-order valence-electron chi connectivity index (χ2n) is 5.11. The van der Waals surface area contributed by atoms with E-state index < -0.39 is 0 Å². The van der Waals surface area contributed by atoms with Crippen molar-refractivity contribution >= 4 is 10.8 Å². The van der Waals surface area contributed by atoms with E-state index in [-0.39, 0.29) is 0 Å². The smallest absolute Gasteiger partial charge is 0.119 e. The van der Waals surface area contributed by atoms with E-state index in [4.69, 9.17) is 4.74 Å². The number of hydrogen-bond acceptors (Lipinski definition) is 1. The number of rotatable bonds is 7. The van der Waals surface area contributed by atoms with Gasteiger partial charge in [-0.2, -0.15) is 0 Å². The van der Waals surface area contributed by atoms with Crippen LogP contribution in [-0.2, 0) is 6.42 Å². The first-order valence-electron chi connectivity index (χ1n) is 7.49. The molecular weight excluding hydrogens is 232 g/mol. The number of ether oxygens (including phenoxy) is 1. The highest BCUT2D eigenvalue weighted by molar-refractivity contribution is 5.87. The Hall–Kier alpha value is -1.50. The van der Waals surface area contributed by atoms with Gasteiger partial charge in [-0.1, -0.05) is 57.4 Å². The third-order valence-corrected chi connectivity index (χ3v) is 3.48. The third-order valence-electron chi connectivity index (χ3n) is 3.48. The van der Waals surface area contributed by atoms with Gasteiger partial charge in [-0.3, -0.25) is 0 Å². The summed E-state index contributed by atoms with van der Waals surface area (Å²) < 4.78 is 5.85. The van der Waals surface area contributed by atoms with Crippen molar-refractivity contribution < 1.29 is 4.74 Å². The number of hydrogen-bond donors (Lipinski definition) is 0. The molecule has 2 aromatic rings. The molecule has 0 unspecified atom stereocenters. The fourth-order valence-corrected chi connectivity index (χ4v) is 2.44. The van der Waals surface area contributed by atoms with Crippen molar-refractivity contribution in [1.29, 1.82) is 0 Å². The molecule has 2 aromatic carbocycles. The second kappa shape index (κ2) is 7.18. The van der Waals surface area contributed by atoms with Crippen LogP contribution in [0.1, 0.15) is 45.1 Å². The molecule has 1 heteroatoms. The van der Waals surface area contributed by atoms with Crippen molar-refractivity contribution in [2.24, 2.45) is 0 Å². The maximum absolute atomic E-state index is 5.85. The normalized spacial score (nSPS) is 10.8. The molecule has 2 rings (SSSR count). The lowest BCUT2D eigenvalue weighted by atomic mass is 10.0. The SMILES string of the molecule is CCCCCOc1ccc2cccc(CCC)c2c1. The van der Waals surface area contributed by atoms with E-state index in [2.05, 4.69) is 50.2 Å². The Kier molecular flexibility index (Phi) is 5.26.